The number of anilines is 2. The number of nitrogens with one attached hydrogen (secondary N) is 1. The lowest BCUT2D eigenvalue weighted by atomic mass is 9.95. The fourth-order valence-electron chi connectivity index (χ4n) is 4.05. The van der Waals surface area contributed by atoms with E-state index in [1.165, 1.54) is 0 Å². The number of aryl methyl sites for hydroxylation is 2. The van der Waals surface area contributed by atoms with Crippen molar-refractivity contribution in [1.82, 2.24) is 0 Å². The number of rotatable bonds is 4. The van der Waals surface area contributed by atoms with Crippen LogP contribution in [0.15, 0.2) is 30.3 Å². The summed E-state index contributed by atoms with van der Waals surface area (Å²) < 4.78 is 0. The number of para-hydroxylation sites is 1. The molecule has 0 aromatic heterocycles. The number of hydrogen-bond acceptors (Lipinski definition) is 4. The lowest BCUT2D eigenvalue weighted by Gasteiger charge is -2.35. The Labute approximate surface area is 160 Å². The summed E-state index contributed by atoms with van der Waals surface area (Å²) in [6.07, 6.45) is 1.88. The summed E-state index contributed by atoms with van der Waals surface area (Å²) in [5, 5.41) is 22.4. The summed E-state index contributed by atoms with van der Waals surface area (Å²) in [4.78, 5) is 13.9. The van der Waals surface area contributed by atoms with Crippen LogP contribution < -0.4 is 10.2 Å². The molecule has 2 aromatic carbocycles. The normalized spacial score (nSPS) is 14.7. The monoisotopic (exact) mass is 363 g/mol. The molecule has 5 heteroatoms. The Hall–Kier alpha value is -3.00. The first-order valence-corrected chi connectivity index (χ1v) is 9.27. The number of hydrogen-bond donors (Lipinski definition) is 2. The first-order chi connectivity index (χ1) is 12.9. The van der Waals surface area contributed by atoms with Gasteiger partial charge in [-0.2, -0.15) is 5.26 Å². The van der Waals surface area contributed by atoms with Crippen LogP contribution in [0, 0.1) is 32.1 Å². The van der Waals surface area contributed by atoms with Gasteiger partial charge in [0.25, 0.3) is 0 Å². The lowest BCUT2D eigenvalue weighted by Crippen LogP contribution is -2.39. The van der Waals surface area contributed by atoms with Crippen molar-refractivity contribution in [3.8, 4) is 6.07 Å². The maximum absolute atomic E-state index is 11.6. The van der Waals surface area contributed by atoms with Crippen LogP contribution in [-0.4, -0.2) is 30.2 Å². The van der Waals surface area contributed by atoms with Crippen molar-refractivity contribution in [2.45, 2.75) is 39.7 Å². The zero-order valence-electron chi connectivity index (χ0n) is 16.0. The van der Waals surface area contributed by atoms with Gasteiger partial charge in [-0.05, 0) is 62.4 Å². The summed E-state index contributed by atoms with van der Waals surface area (Å²) in [6.45, 7) is 7.48. The van der Waals surface area contributed by atoms with Crippen LogP contribution in [0.3, 0.4) is 0 Å². The maximum atomic E-state index is 11.6. The molecule has 2 N–H and O–H groups in total. The Bertz CT molecular complexity index is 907. The molecule has 0 amide bonds. The number of nitrogens with zero attached hydrogens (tertiary/aromatic N) is 2. The van der Waals surface area contributed by atoms with Gasteiger partial charge >= 0.3 is 5.97 Å². The summed E-state index contributed by atoms with van der Waals surface area (Å²) in [5.41, 5.74) is 5.71. The molecule has 0 saturated carbocycles. The predicted molar refractivity (Wildman–Crippen MR) is 108 cm³/mol. The molecule has 140 valence electrons. The number of carboxylic acid groups (broad SMARTS) is 1. The van der Waals surface area contributed by atoms with E-state index < -0.39 is 5.97 Å². The molecule has 1 fully saturated rings. The number of piperidine rings is 1. The van der Waals surface area contributed by atoms with Crippen molar-refractivity contribution in [3.63, 3.8) is 0 Å². The average molecular weight is 363 g/mol. The summed E-state index contributed by atoms with van der Waals surface area (Å²) in [7, 11) is 0. The molecule has 0 radical (unpaired) electrons. The largest absolute Gasteiger partial charge is 0.478 e. The molecular formula is C22H25N3O2. The molecule has 0 aliphatic carbocycles. The minimum atomic E-state index is -0.879. The fourth-order valence-corrected chi connectivity index (χ4v) is 4.05. The van der Waals surface area contributed by atoms with Crippen LogP contribution in [0.4, 0.5) is 11.4 Å². The van der Waals surface area contributed by atoms with E-state index in [9.17, 15) is 15.2 Å². The summed E-state index contributed by atoms with van der Waals surface area (Å²) in [6, 6.07) is 12.2. The molecule has 1 aliphatic rings. The maximum Gasteiger partial charge on any atom is 0.336 e. The number of carbonyl (C=O) groups is 1. The Kier molecular flexibility index (Phi) is 5.36. The standard InChI is InChI=1S/C22H25N3O2/c1-14-12-15(2)21(16(3)20(14)22(26)27)24-18-8-10-25(11-9-18)19-7-5-4-6-17(19)13-23/h4-7,12,18,24H,8-11H2,1-3H3,(H,26,27). The van der Waals surface area contributed by atoms with Crippen molar-refractivity contribution >= 4 is 17.3 Å². The highest BCUT2D eigenvalue weighted by atomic mass is 16.4. The van der Waals surface area contributed by atoms with Gasteiger partial charge in [-0.1, -0.05) is 18.2 Å². The van der Waals surface area contributed by atoms with Gasteiger partial charge in [-0.15, -0.1) is 0 Å². The first kappa shape index (κ1) is 18.8. The highest BCUT2D eigenvalue weighted by molar-refractivity contribution is 5.93. The quantitative estimate of drug-likeness (QED) is 0.849. The van der Waals surface area contributed by atoms with Crippen molar-refractivity contribution in [2.24, 2.45) is 0 Å². The topological polar surface area (TPSA) is 76.4 Å². The zero-order chi connectivity index (χ0) is 19.6. The Morgan fingerprint density at radius 2 is 1.85 bits per heavy atom. The van der Waals surface area contributed by atoms with Crippen LogP contribution in [0.5, 0.6) is 0 Å². The van der Waals surface area contributed by atoms with Crippen LogP contribution >= 0.6 is 0 Å². The van der Waals surface area contributed by atoms with Gasteiger partial charge in [0.1, 0.15) is 6.07 Å². The molecule has 1 aliphatic heterocycles. The van der Waals surface area contributed by atoms with Crippen LogP contribution in [-0.2, 0) is 0 Å². The van der Waals surface area contributed by atoms with E-state index in [1.54, 1.807) is 0 Å². The van der Waals surface area contributed by atoms with Crippen molar-refractivity contribution < 1.29 is 9.90 Å². The number of carboxylic acids is 1. The first-order valence-electron chi connectivity index (χ1n) is 9.27. The summed E-state index contributed by atoms with van der Waals surface area (Å²) >= 11 is 0. The van der Waals surface area contributed by atoms with Gasteiger partial charge in [0.05, 0.1) is 16.8 Å². The molecule has 1 saturated heterocycles. The second kappa shape index (κ2) is 7.71. The van der Waals surface area contributed by atoms with Gasteiger partial charge in [-0.25, -0.2) is 4.79 Å². The van der Waals surface area contributed by atoms with E-state index in [-0.39, 0.29) is 6.04 Å². The van der Waals surface area contributed by atoms with Gasteiger partial charge < -0.3 is 15.3 Å². The molecule has 0 bridgehead atoms. The molecular weight excluding hydrogens is 338 g/mol. The van der Waals surface area contributed by atoms with Gasteiger partial charge in [0, 0.05) is 24.8 Å². The highest BCUT2D eigenvalue weighted by Gasteiger charge is 2.23. The third-order valence-corrected chi connectivity index (χ3v) is 5.39. The van der Waals surface area contributed by atoms with Gasteiger partial charge in [0.2, 0.25) is 0 Å². The average Bonchev–Trinajstić information content (AvgIpc) is 2.65. The Morgan fingerprint density at radius 3 is 2.48 bits per heavy atom. The van der Waals surface area contributed by atoms with E-state index in [0.717, 1.165) is 54.0 Å². The van der Waals surface area contributed by atoms with Crippen LogP contribution in [0.25, 0.3) is 0 Å². The van der Waals surface area contributed by atoms with E-state index in [4.69, 9.17) is 0 Å². The smallest absolute Gasteiger partial charge is 0.336 e. The van der Waals surface area contributed by atoms with Crippen molar-refractivity contribution in [3.05, 3.63) is 58.1 Å². The molecule has 1 heterocycles. The number of benzene rings is 2. The van der Waals surface area contributed by atoms with E-state index in [2.05, 4.69) is 16.3 Å². The molecule has 0 atom stereocenters. The molecule has 2 aromatic rings. The fraction of sp³-hybridized carbons (Fsp3) is 0.364. The molecule has 0 spiro atoms. The second-order valence-electron chi connectivity index (χ2n) is 7.23. The number of aromatic carboxylic acids is 1. The molecule has 5 nitrogen and oxygen atoms in total. The van der Waals surface area contributed by atoms with Gasteiger partial charge in [0.15, 0.2) is 0 Å². The Balaban J connectivity index is 1.74. The van der Waals surface area contributed by atoms with Crippen LogP contribution in [0.1, 0.15) is 45.5 Å². The van der Waals surface area contributed by atoms with Crippen molar-refractivity contribution in [2.75, 3.05) is 23.3 Å². The minimum Gasteiger partial charge on any atom is -0.478 e. The van der Waals surface area contributed by atoms with E-state index in [1.807, 2.05) is 51.1 Å². The third-order valence-electron chi connectivity index (χ3n) is 5.39. The minimum absolute atomic E-state index is 0.289. The number of nitriles is 1. The molecule has 27 heavy (non-hydrogen) atoms. The summed E-state index contributed by atoms with van der Waals surface area (Å²) in [5.74, 6) is -0.879. The van der Waals surface area contributed by atoms with E-state index in [0.29, 0.717) is 11.1 Å². The third kappa shape index (κ3) is 3.75. The zero-order valence-corrected chi connectivity index (χ0v) is 16.0. The predicted octanol–water partition coefficient (Wildman–Crippen LogP) is 4.26. The van der Waals surface area contributed by atoms with E-state index >= 15 is 0 Å². The SMILES string of the molecule is Cc1cc(C)c(C(=O)O)c(C)c1NC1CCN(c2ccccc2C#N)CC1. The lowest BCUT2D eigenvalue weighted by molar-refractivity contribution is 0.0695. The molecule has 0 unspecified atom stereocenters. The second-order valence-corrected chi connectivity index (χ2v) is 7.23. The highest BCUT2D eigenvalue weighted by Crippen LogP contribution is 2.30. The molecule has 3 rings (SSSR count). The van der Waals surface area contributed by atoms with Crippen molar-refractivity contribution in [1.29, 1.82) is 5.26 Å². The van der Waals surface area contributed by atoms with Crippen LogP contribution in [0.2, 0.25) is 0 Å². The van der Waals surface area contributed by atoms with Gasteiger partial charge in [-0.3, -0.25) is 0 Å². The Morgan fingerprint density at radius 1 is 1.19 bits per heavy atom.